The number of aliphatic hydroxyl groups is 2. The standard InChI is InChI=1S/C24H28INO4/c1-15-21(23(2,3)29)20(11-12-27)30-24(15)18-13-17(25)9-10-19(18)26(22(24)28)14-16-7-5-4-6-8-16/h4-10,13,15,20-21,27,29H,11-12,14H2,1-3H3/t15-,20+,21-,24+/m0/s1. The fraction of sp³-hybridized carbons (Fsp3) is 0.458. The molecule has 1 spiro atoms. The predicted octanol–water partition coefficient (Wildman–Crippen LogP) is 3.84. The molecule has 0 bridgehead atoms. The largest absolute Gasteiger partial charge is 0.396 e. The second-order valence-electron chi connectivity index (χ2n) is 8.91. The van der Waals surface area contributed by atoms with Crippen molar-refractivity contribution in [2.75, 3.05) is 11.5 Å². The van der Waals surface area contributed by atoms with Crippen LogP contribution in [0, 0.1) is 15.4 Å². The van der Waals surface area contributed by atoms with E-state index in [4.69, 9.17) is 4.74 Å². The van der Waals surface area contributed by atoms with E-state index in [1.165, 1.54) is 0 Å². The van der Waals surface area contributed by atoms with E-state index >= 15 is 0 Å². The van der Waals surface area contributed by atoms with Gasteiger partial charge < -0.3 is 19.8 Å². The summed E-state index contributed by atoms with van der Waals surface area (Å²) in [6.45, 7) is 5.92. The van der Waals surface area contributed by atoms with E-state index in [2.05, 4.69) is 22.6 Å². The first kappa shape index (κ1) is 21.7. The minimum absolute atomic E-state index is 0.0544. The van der Waals surface area contributed by atoms with Crippen molar-refractivity contribution in [2.24, 2.45) is 11.8 Å². The Kier molecular flexibility index (Phi) is 5.72. The number of halogens is 1. The number of benzene rings is 2. The lowest BCUT2D eigenvalue weighted by Gasteiger charge is -2.34. The number of carbonyl (C=O) groups excluding carboxylic acids is 1. The number of rotatable bonds is 5. The summed E-state index contributed by atoms with van der Waals surface area (Å²) >= 11 is 2.26. The lowest BCUT2D eigenvalue weighted by molar-refractivity contribution is -0.146. The van der Waals surface area contributed by atoms with Gasteiger partial charge in [0.2, 0.25) is 0 Å². The van der Waals surface area contributed by atoms with Crippen molar-refractivity contribution in [1.82, 2.24) is 0 Å². The van der Waals surface area contributed by atoms with Crippen LogP contribution in [0.2, 0.25) is 0 Å². The Morgan fingerprint density at radius 3 is 2.53 bits per heavy atom. The van der Waals surface area contributed by atoms with Gasteiger partial charge in [0, 0.05) is 27.6 Å². The Labute approximate surface area is 191 Å². The molecular formula is C24H28INO4. The third-order valence-corrected chi connectivity index (χ3v) is 7.21. The van der Waals surface area contributed by atoms with E-state index in [9.17, 15) is 15.0 Å². The number of hydrogen-bond donors (Lipinski definition) is 2. The van der Waals surface area contributed by atoms with Gasteiger partial charge in [-0.1, -0.05) is 37.3 Å². The third kappa shape index (κ3) is 3.38. The molecule has 2 aromatic rings. The highest BCUT2D eigenvalue weighted by atomic mass is 127. The molecule has 2 N–H and O–H groups in total. The number of ether oxygens (including phenoxy) is 1. The first-order valence-corrected chi connectivity index (χ1v) is 11.4. The average Bonchev–Trinajstić information content (AvgIpc) is 3.10. The molecular weight excluding hydrogens is 493 g/mol. The van der Waals surface area contributed by atoms with Crippen molar-refractivity contribution in [3.63, 3.8) is 0 Å². The van der Waals surface area contributed by atoms with E-state index < -0.39 is 17.3 Å². The molecule has 0 radical (unpaired) electrons. The fourth-order valence-electron chi connectivity index (χ4n) is 5.37. The first-order chi connectivity index (χ1) is 14.2. The van der Waals surface area contributed by atoms with Gasteiger partial charge in [-0.25, -0.2) is 0 Å². The summed E-state index contributed by atoms with van der Waals surface area (Å²) in [6.07, 6.45) is -0.0252. The van der Waals surface area contributed by atoms with Crippen LogP contribution < -0.4 is 4.90 Å². The maximum absolute atomic E-state index is 14.0. The van der Waals surface area contributed by atoms with Crippen LogP contribution in [0.1, 0.15) is 38.3 Å². The van der Waals surface area contributed by atoms with Crippen molar-refractivity contribution in [1.29, 1.82) is 0 Å². The molecule has 2 heterocycles. The Bertz CT molecular complexity index is 942. The maximum Gasteiger partial charge on any atom is 0.264 e. The summed E-state index contributed by atoms with van der Waals surface area (Å²) in [5, 5.41) is 20.6. The number of fused-ring (bicyclic) bond motifs is 2. The minimum Gasteiger partial charge on any atom is -0.396 e. The molecule has 5 nitrogen and oxygen atoms in total. The molecule has 0 saturated carbocycles. The minimum atomic E-state index is -1.16. The van der Waals surface area contributed by atoms with Gasteiger partial charge in [-0.3, -0.25) is 4.79 Å². The van der Waals surface area contributed by atoms with Gasteiger partial charge in [0.25, 0.3) is 5.91 Å². The van der Waals surface area contributed by atoms with Crippen LogP contribution in [0.3, 0.4) is 0 Å². The highest BCUT2D eigenvalue weighted by Crippen LogP contribution is 2.58. The van der Waals surface area contributed by atoms with E-state index in [0.717, 1.165) is 20.4 Å². The maximum atomic E-state index is 14.0. The quantitative estimate of drug-likeness (QED) is 0.587. The van der Waals surface area contributed by atoms with Gasteiger partial charge in [0.05, 0.1) is 23.9 Å². The second-order valence-corrected chi connectivity index (χ2v) is 10.2. The number of anilines is 1. The molecule has 1 fully saturated rings. The zero-order valence-electron chi connectivity index (χ0n) is 17.5. The summed E-state index contributed by atoms with van der Waals surface area (Å²) < 4.78 is 7.58. The summed E-state index contributed by atoms with van der Waals surface area (Å²) in [6, 6.07) is 15.9. The van der Waals surface area contributed by atoms with Crippen LogP contribution in [0.5, 0.6) is 0 Å². The topological polar surface area (TPSA) is 70.0 Å². The lowest BCUT2D eigenvalue weighted by atomic mass is 9.71. The molecule has 4 atom stereocenters. The summed E-state index contributed by atoms with van der Waals surface area (Å²) in [7, 11) is 0. The van der Waals surface area contributed by atoms with Crippen molar-refractivity contribution >= 4 is 34.2 Å². The number of amides is 1. The zero-order chi connectivity index (χ0) is 21.7. The van der Waals surface area contributed by atoms with Crippen molar-refractivity contribution in [3.8, 4) is 0 Å². The smallest absolute Gasteiger partial charge is 0.264 e. The van der Waals surface area contributed by atoms with Gasteiger partial charge in [-0.2, -0.15) is 0 Å². The van der Waals surface area contributed by atoms with Gasteiger partial charge in [0.1, 0.15) is 0 Å². The fourth-order valence-corrected chi connectivity index (χ4v) is 5.86. The van der Waals surface area contributed by atoms with Gasteiger partial charge in [-0.15, -0.1) is 0 Å². The van der Waals surface area contributed by atoms with Crippen molar-refractivity contribution < 1.29 is 19.7 Å². The molecule has 30 heavy (non-hydrogen) atoms. The average molecular weight is 521 g/mol. The SMILES string of the molecule is C[C@H]1[C@H](C(C)(C)O)[C@@H](CCO)O[C@]12C(=O)N(Cc1ccccc1)c1ccc(I)cc12. The second kappa shape index (κ2) is 7.89. The van der Waals surface area contributed by atoms with Gasteiger partial charge in [0.15, 0.2) is 5.60 Å². The molecule has 2 aliphatic heterocycles. The zero-order valence-corrected chi connectivity index (χ0v) is 19.7. The Balaban J connectivity index is 1.83. The van der Waals surface area contributed by atoms with E-state index in [1.54, 1.807) is 18.7 Å². The van der Waals surface area contributed by atoms with Crippen molar-refractivity contribution in [3.05, 3.63) is 63.2 Å². The van der Waals surface area contributed by atoms with Crippen LogP contribution >= 0.6 is 22.6 Å². The van der Waals surface area contributed by atoms with Crippen LogP contribution in [0.25, 0.3) is 0 Å². The van der Waals surface area contributed by atoms with Crippen molar-refractivity contribution in [2.45, 2.75) is 51.0 Å². The molecule has 0 aromatic heterocycles. The molecule has 2 aliphatic rings. The number of carbonyl (C=O) groups is 1. The predicted molar refractivity (Wildman–Crippen MR) is 124 cm³/mol. The molecule has 1 amide bonds. The molecule has 2 aromatic carbocycles. The van der Waals surface area contributed by atoms with Gasteiger partial charge in [-0.05, 0) is 66.6 Å². The molecule has 6 heteroatoms. The summed E-state index contributed by atoms with van der Waals surface area (Å²) in [4.78, 5) is 15.8. The highest BCUT2D eigenvalue weighted by molar-refractivity contribution is 14.1. The molecule has 160 valence electrons. The van der Waals surface area contributed by atoms with E-state index in [0.29, 0.717) is 13.0 Å². The van der Waals surface area contributed by atoms with E-state index in [1.807, 2.05) is 55.5 Å². The van der Waals surface area contributed by atoms with Crippen LogP contribution in [0.15, 0.2) is 48.5 Å². The number of nitrogens with zero attached hydrogens (tertiary/aromatic N) is 1. The monoisotopic (exact) mass is 521 g/mol. The summed E-state index contributed by atoms with van der Waals surface area (Å²) in [5.41, 5.74) is 0.560. The van der Waals surface area contributed by atoms with Gasteiger partial charge >= 0.3 is 0 Å². The molecule has 0 unspecified atom stereocenters. The third-order valence-electron chi connectivity index (χ3n) is 6.54. The molecule has 0 aliphatic carbocycles. The molecule has 4 rings (SSSR count). The first-order valence-electron chi connectivity index (χ1n) is 10.4. The van der Waals surface area contributed by atoms with Crippen LogP contribution in [-0.4, -0.2) is 34.4 Å². The Morgan fingerprint density at radius 2 is 1.90 bits per heavy atom. The molecule has 1 saturated heterocycles. The number of aliphatic hydroxyl groups excluding tert-OH is 1. The number of hydrogen-bond acceptors (Lipinski definition) is 4. The Hall–Kier alpha value is -1.48. The lowest BCUT2D eigenvalue weighted by Crippen LogP contribution is -2.46. The summed E-state index contributed by atoms with van der Waals surface area (Å²) in [5.74, 6) is -0.624. The highest BCUT2D eigenvalue weighted by Gasteiger charge is 2.65. The van der Waals surface area contributed by atoms with Crippen LogP contribution in [-0.2, 0) is 21.7 Å². The Morgan fingerprint density at radius 1 is 1.20 bits per heavy atom. The normalized spacial score (nSPS) is 28.4. The van der Waals surface area contributed by atoms with Crippen LogP contribution in [0.4, 0.5) is 5.69 Å². The van der Waals surface area contributed by atoms with E-state index in [-0.39, 0.29) is 24.3 Å².